The minimum atomic E-state index is -0.841. The predicted molar refractivity (Wildman–Crippen MR) is 89.1 cm³/mol. The summed E-state index contributed by atoms with van der Waals surface area (Å²) in [6.07, 6.45) is 1.50. The van der Waals surface area contributed by atoms with Crippen LogP contribution in [0, 0.1) is 19.8 Å². The topological polar surface area (TPSA) is 98.0 Å². The molecule has 2 aromatic heterocycles. The predicted octanol–water partition coefficient (Wildman–Crippen LogP) is 2.62. The molecule has 8 heteroatoms. The van der Waals surface area contributed by atoms with E-state index in [1.54, 1.807) is 11.3 Å². The second-order valence-corrected chi connectivity index (χ2v) is 7.61. The summed E-state index contributed by atoms with van der Waals surface area (Å²) < 4.78 is 0. The number of hydrogen-bond acceptors (Lipinski definition) is 6. The summed E-state index contributed by atoms with van der Waals surface area (Å²) in [5, 5.41) is 3.43. The standard InChI is InChI=1S/C14H18N4O2S2/c1-6(2)10(11(19)18-14(15)20)22-13-9-7(3)8(4)21-12(9)16-5-17-13/h5-6,10H,1-4H3,(H3,15,18,19,20). The van der Waals surface area contributed by atoms with Gasteiger partial charge in [-0.1, -0.05) is 25.6 Å². The van der Waals surface area contributed by atoms with Crippen LogP contribution in [0.15, 0.2) is 11.4 Å². The van der Waals surface area contributed by atoms with Crippen LogP contribution in [-0.4, -0.2) is 27.2 Å². The van der Waals surface area contributed by atoms with E-state index in [0.717, 1.165) is 20.8 Å². The Morgan fingerprint density at radius 1 is 1.32 bits per heavy atom. The van der Waals surface area contributed by atoms with Crippen LogP contribution in [0.2, 0.25) is 0 Å². The summed E-state index contributed by atoms with van der Waals surface area (Å²) in [6.45, 7) is 7.90. The maximum Gasteiger partial charge on any atom is 0.318 e. The fourth-order valence-electron chi connectivity index (χ4n) is 2.04. The van der Waals surface area contributed by atoms with Crippen molar-refractivity contribution in [1.29, 1.82) is 0 Å². The molecule has 118 valence electrons. The van der Waals surface area contributed by atoms with Crippen molar-refractivity contribution in [2.75, 3.05) is 0 Å². The largest absolute Gasteiger partial charge is 0.351 e. The molecule has 0 saturated heterocycles. The van der Waals surface area contributed by atoms with Crippen molar-refractivity contribution >= 4 is 45.3 Å². The Labute approximate surface area is 136 Å². The van der Waals surface area contributed by atoms with E-state index in [0.29, 0.717) is 0 Å². The maximum absolute atomic E-state index is 12.2. The van der Waals surface area contributed by atoms with E-state index in [4.69, 9.17) is 5.73 Å². The number of thioether (sulfide) groups is 1. The third-order valence-corrected chi connectivity index (χ3v) is 5.94. The molecule has 0 fully saturated rings. The number of fused-ring (bicyclic) bond motifs is 1. The SMILES string of the molecule is Cc1sc2ncnc(SC(C(=O)NC(N)=O)C(C)C)c2c1C. The number of primary amides is 1. The number of nitrogens with zero attached hydrogens (tertiary/aromatic N) is 2. The van der Waals surface area contributed by atoms with Crippen LogP contribution in [0.25, 0.3) is 10.2 Å². The van der Waals surface area contributed by atoms with Crippen molar-refractivity contribution < 1.29 is 9.59 Å². The molecule has 3 N–H and O–H groups in total. The van der Waals surface area contributed by atoms with Gasteiger partial charge in [0.15, 0.2) is 0 Å². The van der Waals surface area contributed by atoms with Crippen LogP contribution in [0.3, 0.4) is 0 Å². The summed E-state index contributed by atoms with van der Waals surface area (Å²) in [5.41, 5.74) is 6.16. The van der Waals surface area contributed by atoms with Gasteiger partial charge in [0.1, 0.15) is 16.2 Å². The summed E-state index contributed by atoms with van der Waals surface area (Å²) in [6, 6.07) is -0.841. The second-order valence-electron chi connectivity index (χ2n) is 5.28. The molecule has 2 rings (SSSR count). The van der Waals surface area contributed by atoms with Gasteiger partial charge in [0.2, 0.25) is 5.91 Å². The van der Waals surface area contributed by atoms with E-state index in [2.05, 4.69) is 15.3 Å². The van der Waals surface area contributed by atoms with Crippen LogP contribution in [0.4, 0.5) is 4.79 Å². The van der Waals surface area contributed by atoms with E-state index in [1.165, 1.54) is 23.0 Å². The molecule has 0 aliphatic carbocycles. The van der Waals surface area contributed by atoms with E-state index in [1.807, 2.05) is 27.7 Å². The smallest absolute Gasteiger partial charge is 0.318 e. The van der Waals surface area contributed by atoms with Crippen molar-refractivity contribution in [3.63, 3.8) is 0 Å². The van der Waals surface area contributed by atoms with Crippen LogP contribution in [0.1, 0.15) is 24.3 Å². The summed E-state index contributed by atoms with van der Waals surface area (Å²) in [7, 11) is 0. The highest BCUT2D eigenvalue weighted by atomic mass is 32.2. The molecule has 0 aromatic carbocycles. The molecule has 22 heavy (non-hydrogen) atoms. The van der Waals surface area contributed by atoms with Gasteiger partial charge in [-0.3, -0.25) is 10.1 Å². The van der Waals surface area contributed by atoms with Gasteiger partial charge >= 0.3 is 6.03 Å². The molecule has 6 nitrogen and oxygen atoms in total. The van der Waals surface area contributed by atoms with Gasteiger partial charge in [0, 0.05) is 10.3 Å². The minimum Gasteiger partial charge on any atom is -0.351 e. The van der Waals surface area contributed by atoms with Crippen molar-refractivity contribution in [3.05, 3.63) is 16.8 Å². The van der Waals surface area contributed by atoms with Crippen molar-refractivity contribution in [1.82, 2.24) is 15.3 Å². The van der Waals surface area contributed by atoms with Gasteiger partial charge in [0.05, 0.1) is 5.25 Å². The molecule has 0 spiro atoms. The third-order valence-electron chi connectivity index (χ3n) is 3.28. The average Bonchev–Trinajstić information content (AvgIpc) is 2.71. The van der Waals surface area contributed by atoms with Gasteiger partial charge in [-0.2, -0.15) is 0 Å². The minimum absolute atomic E-state index is 0.0226. The first-order chi connectivity index (χ1) is 10.3. The Morgan fingerprint density at radius 3 is 2.59 bits per heavy atom. The first-order valence-electron chi connectivity index (χ1n) is 6.79. The molecule has 0 radical (unpaired) electrons. The van der Waals surface area contributed by atoms with E-state index >= 15 is 0 Å². The number of imide groups is 1. The number of nitrogens with one attached hydrogen (secondary N) is 1. The molecule has 0 saturated carbocycles. The molecule has 0 aliphatic rings. The third kappa shape index (κ3) is 3.38. The first kappa shape index (κ1) is 16.7. The molecule has 2 heterocycles. The van der Waals surface area contributed by atoms with Crippen LogP contribution >= 0.6 is 23.1 Å². The summed E-state index contributed by atoms with van der Waals surface area (Å²) in [5.74, 6) is -0.377. The molecule has 1 unspecified atom stereocenters. The zero-order valence-corrected chi connectivity index (χ0v) is 14.5. The van der Waals surface area contributed by atoms with Crippen molar-refractivity contribution in [3.8, 4) is 0 Å². The number of carbonyl (C=O) groups excluding carboxylic acids is 2. The highest BCUT2D eigenvalue weighted by Gasteiger charge is 2.26. The van der Waals surface area contributed by atoms with Gasteiger partial charge in [-0.15, -0.1) is 11.3 Å². The lowest BCUT2D eigenvalue weighted by atomic mass is 10.1. The van der Waals surface area contributed by atoms with Gasteiger partial charge in [0.25, 0.3) is 0 Å². The second kappa shape index (κ2) is 6.62. The van der Waals surface area contributed by atoms with Gasteiger partial charge in [-0.05, 0) is 25.3 Å². The zero-order valence-electron chi connectivity index (χ0n) is 12.8. The zero-order chi connectivity index (χ0) is 16.4. The molecular formula is C14H18N4O2S2. The Balaban J connectivity index is 2.38. The fraction of sp³-hybridized carbons (Fsp3) is 0.429. The molecule has 0 bridgehead atoms. The van der Waals surface area contributed by atoms with Crippen molar-refractivity contribution in [2.24, 2.45) is 11.7 Å². The Kier molecular flexibility index (Phi) is 5.02. The number of nitrogens with two attached hydrogens (primary N) is 1. The van der Waals surface area contributed by atoms with E-state index < -0.39 is 17.2 Å². The van der Waals surface area contributed by atoms with Crippen LogP contribution < -0.4 is 11.1 Å². The Morgan fingerprint density at radius 2 is 2.00 bits per heavy atom. The highest BCUT2D eigenvalue weighted by Crippen LogP contribution is 2.37. The molecule has 2 aromatic rings. The van der Waals surface area contributed by atoms with Crippen LogP contribution in [0.5, 0.6) is 0 Å². The number of hydrogen-bond donors (Lipinski definition) is 2. The lowest BCUT2D eigenvalue weighted by Gasteiger charge is -2.18. The highest BCUT2D eigenvalue weighted by molar-refractivity contribution is 8.00. The fourth-order valence-corrected chi connectivity index (χ4v) is 4.26. The lowest BCUT2D eigenvalue weighted by Crippen LogP contribution is -2.42. The number of aryl methyl sites for hydroxylation is 2. The number of amides is 3. The molecular weight excluding hydrogens is 320 g/mol. The van der Waals surface area contributed by atoms with E-state index in [9.17, 15) is 9.59 Å². The Hall–Kier alpha value is -1.67. The lowest BCUT2D eigenvalue weighted by molar-refractivity contribution is -0.120. The number of urea groups is 1. The van der Waals surface area contributed by atoms with Crippen LogP contribution in [-0.2, 0) is 4.79 Å². The number of carbonyl (C=O) groups is 2. The number of aromatic nitrogens is 2. The monoisotopic (exact) mass is 338 g/mol. The van der Waals surface area contributed by atoms with Gasteiger partial charge < -0.3 is 5.73 Å². The Bertz CT molecular complexity index is 727. The first-order valence-corrected chi connectivity index (χ1v) is 8.48. The summed E-state index contributed by atoms with van der Waals surface area (Å²) >= 11 is 2.95. The van der Waals surface area contributed by atoms with Crippen molar-refractivity contribution in [2.45, 2.75) is 38.0 Å². The molecule has 1 atom stereocenters. The molecule has 0 aliphatic heterocycles. The van der Waals surface area contributed by atoms with Gasteiger partial charge in [-0.25, -0.2) is 14.8 Å². The summed E-state index contributed by atoms with van der Waals surface area (Å²) in [4.78, 5) is 33.8. The quantitative estimate of drug-likeness (QED) is 0.659. The maximum atomic E-state index is 12.2. The normalized spacial score (nSPS) is 12.6. The average molecular weight is 338 g/mol. The number of thiophene rings is 1. The molecule has 3 amide bonds. The van der Waals surface area contributed by atoms with E-state index in [-0.39, 0.29) is 5.92 Å². The number of rotatable bonds is 4.